The average Bonchev–Trinajstić information content (AvgIpc) is 3.23. The third kappa shape index (κ3) is 3.86. The predicted octanol–water partition coefficient (Wildman–Crippen LogP) is 4.02. The molecule has 1 fully saturated rings. The van der Waals surface area contributed by atoms with Gasteiger partial charge in [-0.15, -0.1) is 0 Å². The first-order valence-corrected chi connectivity index (χ1v) is 9.06. The monoisotopic (exact) mass is 345 g/mol. The molecule has 0 aliphatic carbocycles. The molecule has 1 aromatic heterocycles. The van der Waals surface area contributed by atoms with Gasteiger partial charge in [0.2, 0.25) is 0 Å². The zero-order valence-corrected chi connectivity index (χ0v) is 14.7. The van der Waals surface area contributed by atoms with E-state index in [4.69, 9.17) is 4.42 Å². The van der Waals surface area contributed by atoms with Crippen LogP contribution in [0.25, 0.3) is 0 Å². The highest BCUT2D eigenvalue weighted by Crippen LogP contribution is 2.29. The van der Waals surface area contributed by atoms with E-state index in [0.29, 0.717) is 0 Å². The Morgan fingerprint density at radius 2 is 1.38 bits per heavy atom. The van der Waals surface area contributed by atoms with Gasteiger partial charge in [-0.25, -0.2) is 0 Å². The molecular weight excluding hydrogens is 322 g/mol. The van der Waals surface area contributed by atoms with E-state index in [2.05, 4.69) is 75.7 Å². The van der Waals surface area contributed by atoms with E-state index in [1.807, 2.05) is 12.1 Å². The molecular formula is C22H23N3O. The van der Waals surface area contributed by atoms with E-state index in [1.165, 1.54) is 11.1 Å². The summed E-state index contributed by atoms with van der Waals surface area (Å²) in [5, 5.41) is 6.67. The van der Waals surface area contributed by atoms with Gasteiger partial charge in [0, 0.05) is 26.2 Å². The molecule has 2 heterocycles. The van der Waals surface area contributed by atoms with Crippen LogP contribution in [0.2, 0.25) is 0 Å². The maximum absolute atomic E-state index is 5.31. The molecule has 1 saturated heterocycles. The second-order valence-electron chi connectivity index (χ2n) is 6.47. The van der Waals surface area contributed by atoms with E-state index in [0.717, 1.165) is 31.9 Å². The first-order chi connectivity index (χ1) is 12.9. The van der Waals surface area contributed by atoms with E-state index in [9.17, 15) is 0 Å². The van der Waals surface area contributed by atoms with Crippen LogP contribution >= 0.6 is 0 Å². The second-order valence-corrected chi connectivity index (χ2v) is 6.47. The number of hydrogen-bond acceptors (Lipinski definition) is 4. The molecule has 1 aliphatic heterocycles. The fraction of sp³-hybridized carbons (Fsp3) is 0.227. The van der Waals surface area contributed by atoms with Gasteiger partial charge in [-0.05, 0) is 23.3 Å². The van der Waals surface area contributed by atoms with E-state index >= 15 is 0 Å². The number of hydrogen-bond donors (Lipinski definition) is 0. The Kier molecular flexibility index (Phi) is 5.12. The van der Waals surface area contributed by atoms with E-state index in [-0.39, 0.29) is 6.04 Å². The lowest BCUT2D eigenvalue weighted by Crippen LogP contribution is -2.45. The molecule has 0 radical (unpaired) electrons. The zero-order chi connectivity index (χ0) is 17.6. The van der Waals surface area contributed by atoms with Crippen LogP contribution in [-0.4, -0.2) is 42.3 Å². The lowest BCUT2D eigenvalue weighted by atomic mass is 9.96. The van der Waals surface area contributed by atoms with Crippen molar-refractivity contribution in [1.82, 2.24) is 9.91 Å². The molecule has 0 atom stereocenters. The van der Waals surface area contributed by atoms with Crippen molar-refractivity contribution in [1.29, 1.82) is 0 Å². The summed E-state index contributed by atoms with van der Waals surface area (Å²) in [5.41, 5.74) is 2.68. The molecule has 26 heavy (non-hydrogen) atoms. The SMILES string of the molecule is C(=NN1CCN(C(c2ccccc2)c2ccccc2)CC1)c1ccco1. The Morgan fingerprint density at radius 1 is 0.769 bits per heavy atom. The van der Waals surface area contributed by atoms with Crippen molar-refractivity contribution in [2.75, 3.05) is 26.2 Å². The number of piperazine rings is 1. The van der Waals surface area contributed by atoms with Crippen LogP contribution in [0.1, 0.15) is 22.9 Å². The highest BCUT2D eigenvalue weighted by atomic mass is 16.3. The maximum atomic E-state index is 5.31. The van der Waals surface area contributed by atoms with Crippen molar-refractivity contribution in [2.45, 2.75) is 6.04 Å². The molecule has 0 unspecified atom stereocenters. The lowest BCUT2D eigenvalue weighted by Gasteiger charge is -2.38. The van der Waals surface area contributed by atoms with Gasteiger partial charge < -0.3 is 4.42 Å². The largest absolute Gasteiger partial charge is 0.463 e. The fourth-order valence-corrected chi connectivity index (χ4v) is 3.47. The Hall–Kier alpha value is -2.85. The lowest BCUT2D eigenvalue weighted by molar-refractivity contribution is 0.112. The standard InChI is InChI=1S/C22H23N3O/c1-3-8-19(9-4-1)22(20-10-5-2-6-11-20)24-13-15-25(16-14-24)23-18-21-12-7-17-26-21/h1-12,17-18,22H,13-16H2. The number of hydrazone groups is 1. The normalized spacial score (nSPS) is 15.8. The van der Waals surface area contributed by atoms with Gasteiger partial charge in [0.15, 0.2) is 0 Å². The van der Waals surface area contributed by atoms with Gasteiger partial charge in [0.25, 0.3) is 0 Å². The summed E-state index contributed by atoms with van der Waals surface area (Å²) in [4.78, 5) is 2.55. The van der Waals surface area contributed by atoms with Crippen molar-refractivity contribution in [3.05, 3.63) is 95.9 Å². The van der Waals surface area contributed by atoms with Crippen LogP contribution in [0.3, 0.4) is 0 Å². The Labute approximate surface area is 154 Å². The summed E-state index contributed by atoms with van der Waals surface area (Å²) in [6.45, 7) is 3.77. The van der Waals surface area contributed by atoms with Gasteiger partial charge in [-0.1, -0.05) is 60.7 Å². The molecule has 0 saturated carbocycles. The third-order valence-electron chi connectivity index (χ3n) is 4.78. The minimum atomic E-state index is 0.286. The summed E-state index contributed by atoms with van der Waals surface area (Å²) >= 11 is 0. The van der Waals surface area contributed by atoms with Crippen LogP contribution in [0.4, 0.5) is 0 Å². The quantitative estimate of drug-likeness (QED) is 0.655. The van der Waals surface area contributed by atoms with E-state index in [1.54, 1.807) is 12.5 Å². The molecule has 0 bridgehead atoms. The summed E-state index contributed by atoms with van der Waals surface area (Å²) in [6, 6.07) is 25.6. The van der Waals surface area contributed by atoms with Gasteiger partial charge in [-0.2, -0.15) is 5.10 Å². The van der Waals surface area contributed by atoms with Crippen molar-refractivity contribution >= 4 is 6.21 Å². The fourth-order valence-electron chi connectivity index (χ4n) is 3.47. The summed E-state index contributed by atoms with van der Waals surface area (Å²) in [6.07, 6.45) is 3.46. The minimum absolute atomic E-state index is 0.286. The van der Waals surface area contributed by atoms with Gasteiger partial charge in [0.05, 0.1) is 18.5 Å². The molecule has 2 aromatic carbocycles. The molecule has 0 spiro atoms. The number of benzene rings is 2. The van der Waals surface area contributed by atoms with Crippen molar-refractivity contribution in [3.63, 3.8) is 0 Å². The van der Waals surface area contributed by atoms with Gasteiger partial charge in [-0.3, -0.25) is 9.91 Å². The summed E-state index contributed by atoms with van der Waals surface area (Å²) in [7, 11) is 0. The number of nitrogens with zero attached hydrogens (tertiary/aromatic N) is 3. The molecule has 4 rings (SSSR count). The van der Waals surface area contributed by atoms with Crippen LogP contribution in [0.15, 0.2) is 88.6 Å². The molecule has 0 N–H and O–H groups in total. The Balaban J connectivity index is 1.48. The van der Waals surface area contributed by atoms with Gasteiger partial charge >= 0.3 is 0 Å². The van der Waals surface area contributed by atoms with Crippen molar-refractivity contribution in [3.8, 4) is 0 Å². The number of rotatable bonds is 5. The highest BCUT2D eigenvalue weighted by molar-refractivity contribution is 5.75. The molecule has 4 heteroatoms. The van der Waals surface area contributed by atoms with Crippen LogP contribution < -0.4 is 0 Å². The first-order valence-electron chi connectivity index (χ1n) is 9.06. The molecule has 4 nitrogen and oxygen atoms in total. The van der Waals surface area contributed by atoms with Crippen molar-refractivity contribution in [2.24, 2.45) is 5.10 Å². The second kappa shape index (κ2) is 8.02. The van der Waals surface area contributed by atoms with Crippen molar-refractivity contribution < 1.29 is 4.42 Å². The van der Waals surface area contributed by atoms with Crippen LogP contribution in [0.5, 0.6) is 0 Å². The molecule has 1 aliphatic rings. The Morgan fingerprint density at radius 3 is 1.92 bits per heavy atom. The Bertz CT molecular complexity index is 768. The molecule has 132 valence electrons. The smallest absolute Gasteiger partial charge is 0.146 e. The third-order valence-corrected chi connectivity index (χ3v) is 4.78. The first kappa shape index (κ1) is 16.6. The molecule has 0 amide bonds. The highest BCUT2D eigenvalue weighted by Gasteiger charge is 2.25. The summed E-state index contributed by atoms with van der Waals surface area (Å²) < 4.78 is 5.31. The van der Waals surface area contributed by atoms with E-state index < -0.39 is 0 Å². The number of furan rings is 1. The topological polar surface area (TPSA) is 32.0 Å². The minimum Gasteiger partial charge on any atom is -0.463 e. The predicted molar refractivity (Wildman–Crippen MR) is 104 cm³/mol. The summed E-state index contributed by atoms with van der Waals surface area (Å²) in [5.74, 6) is 0.791. The van der Waals surface area contributed by atoms with Crippen LogP contribution in [0, 0.1) is 0 Å². The molecule has 3 aromatic rings. The zero-order valence-electron chi connectivity index (χ0n) is 14.7. The average molecular weight is 345 g/mol. The van der Waals surface area contributed by atoms with Crippen LogP contribution in [-0.2, 0) is 0 Å². The van der Waals surface area contributed by atoms with Gasteiger partial charge in [0.1, 0.15) is 5.76 Å². The maximum Gasteiger partial charge on any atom is 0.146 e.